The Balaban J connectivity index is 1.99. The van der Waals surface area contributed by atoms with Crippen LogP contribution >= 0.6 is 11.5 Å². The van der Waals surface area contributed by atoms with Crippen LogP contribution in [0.1, 0.15) is 58.3 Å². The topological polar surface area (TPSA) is 67.4 Å². The molecular formula is C22H34N4O2S. The molecule has 0 fully saturated rings. The third-order valence-corrected chi connectivity index (χ3v) is 5.82. The fourth-order valence-corrected chi connectivity index (χ4v) is 3.53. The molecule has 1 N–H and O–H groups in total. The largest absolute Gasteiger partial charge is 0.497 e. The molecule has 0 aliphatic heterocycles. The van der Waals surface area contributed by atoms with Gasteiger partial charge < -0.3 is 15.0 Å². The standard InChI is InChI=1S/C22H34N4O2S/c1-6-7-12-26(13-11-21(27)23-17(4)16(2)3)22-24-20(25-29-22)15-18-9-8-10-19(14-18)28-5/h8-10,14,16-17H,6-7,11-13,15H2,1-5H3,(H,23,27)/t17-/m1/s1. The number of amides is 1. The number of hydrogen-bond acceptors (Lipinski definition) is 6. The average molecular weight is 419 g/mol. The minimum Gasteiger partial charge on any atom is -0.497 e. The Kier molecular flexibility index (Phi) is 9.38. The van der Waals surface area contributed by atoms with Crippen molar-refractivity contribution in [1.82, 2.24) is 14.7 Å². The Labute approximate surface area is 178 Å². The number of carbonyl (C=O) groups is 1. The number of anilines is 1. The molecule has 0 saturated carbocycles. The van der Waals surface area contributed by atoms with Crippen molar-refractivity contribution in [3.8, 4) is 5.75 Å². The molecular weight excluding hydrogens is 384 g/mol. The Morgan fingerprint density at radius 2 is 2.07 bits per heavy atom. The van der Waals surface area contributed by atoms with E-state index < -0.39 is 0 Å². The highest BCUT2D eigenvalue weighted by Gasteiger charge is 2.16. The summed E-state index contributed by atoms with van der Waals surface area (Å²) in [4.78, 5) is 19.2. The summed E-state index contributed by atoms with van der Waals surface area (Å²) in [5.41, 5.74) is 1.12. The maximum Gasteiger partial charge on any atom is 0.221 e. The van der Waals surface area contributed by atoms with E-state index in [1.165, 1.54) is 11.5 Å². The number of nitrogens with one attached hydrogen (secondary N) is 1. The summed E-state index contributed by atoms with van der Waals surface area (Å²) < 4.78 is 9.83. The zero-order valence-electron chi connectivity index (χ0n) is 18.3. The van der Waals surface area contributed by atoms with Gasteiger partial charge in [0.25, 0.3) is 0 Å². The van der Waals surface area contributed by atoms with Crippen molar-refractivity contribution >= 4 is 22.6 Å². The van der Waals surface area contributed by atoms with Crippen molar-refractivity contribution < 1.29 is 9.53 Å². The number of rotatable bonds is 12. The second-order valence-corrected chi connectivity index (χ2v) is 8.44. The normalized spacial score (nSPS) is 12.1. The molecule has 1 aromatic carbocycles. The summed E-state index contributed by atoms with van der Waals surface area (Å²) in [6.07, 6.45) is 3.30. The molecule has 1 aromatic heterocycles. The van der Waals surface area contributed by atoms with Gasteiger partial charge in [-0.05, 0) is 37.0 Å². The average Bonchev–Trinajstić information content (AvgIpc) is 3.16. The molecule has 2 aromatic rings. The SMILES string of the molecule is CCCCN(CCC(=O)N[C@H](C)C(C)C)c1nc(Cc2cccc(OC)c2)ns1. The highest BCUT2D eigenvalue weighted by atomic mass is 32.1. The molecule has 0 radical (unpaired) electrons. The second kappa shape index (κ2) is 11.8. The van der Waals surface area contributed by atoms with Gasteiger partial charge in [0.1, 0.15) is 11.6 Å². The number of unbranched alkanes of at least 4 members (excludes halogenated alkanes) is 1. The third-order valence-electron chi connectivity index (χ3n) is 5.00. The van der Waals surface area contributed by atoms with Crippen LogP contribution in [-0.4, -0.2) is 41.5 Å². The van der Waals surface area contributed by atoms with Gasteiger partial charge in [-0.25, -0.2) is 4.98 Å². The Morgan fingerprint density at radius 1 is 1.28 bits per heavy atom. The summed E-state index contributed by atoms with van der Waals surface area (Å²) in [5.74, 6) is 2.16. The van der Waals surface area contributed by atoms with Gasteiger partial charge in [-0.3, -0.25) is 4.79 Å². The van der Waals surface area contributed by atoms with Crippen molar-refractivity contribution in [3.05, 3.63) is 35.7 Å². The summed E-state index contributed by atoms with van der Waals surface area (Å²) >= 11 is 1.41. The van der Waals surface area contributed by atoms with Crippen LogP contribution in [0.4, 0.5) is 5.13 Å². The van der Waals surface area contributed by atoms with E-state index in [1.807, 2.05) is 25.1 Å². The predicted molar refractivity (Wildman–Crippen MR) is 120 cm³/mol. The summed E-state index contributed by atoms with van der Waals surface area (Å²) in [6, 6.07) is 8.16. The van der Waals surface area contributed by atoms with Gasteiger partial charge in [0.2, 0.25) is 11.0 Å². The molecule has 0 unspecified atom stereocenters. The van der Waals surface area contributed by atoms with E-state index in [-0.39, 0.29) is 11.9 Å². The van der Waals surface area contributed by atoms with Crippen molar-refractivity contribution in [1.29, 1.82) is 0 Å². The first-order valence-electron chi connectivity index (χ1n) is 10.4. The van der Waals surface area contributed by atoms with Crippen LogP contribution in [0.15, 0.2) is 24.3 Å². The zero-order chi connectivity index (χ0) is 21.2. The van der Waals surface area contributed by atoms with Gasteiger partial charge in [-0.2, -0.15) is 4.37 Å². The lowest BCUT2D eigenvalue weighted by Crippen LogP contribution is -2.38. The molecule has 6 nitrogen and oxygen atoms in total. The molecule has 2 rings (SSSR count). The van der Waals surface area contributed by atoms with Crippen molar-refractivity contribution in [2.24, 2.45) is 5.92 Å². The van der Waals surface area contributed by atoms with Gasteiger partial charge >= 0.3 is 0 Å². The molecule has 29 heavy (non-hydrogen) atoms. The fraction of sp³-hybridized carbons (Fsp3) is 0.591. The van der Waals surface area contributed by atoms with Crippen molar-refractivity contribution in [2.45, 2.75) is 59.4 Å². The predicted octanol–water partition coefficient (Wildman–Crippen LogP) is 4.29. The van der Waals surface area contributed by atoms with Crippen LogP contribution < -0.4 is 15.0 Å². The highest BCUT2D eigenvalue weighted by molar-refractivity contribution is 7.09. The molecule has 0 saturated heterocycles. The minimum atomic E-state index is 0.0915. The maximum atomic E-state index is 12.3. The molecule has 1 heterocycles. The highest BCUT2D eigenvalue weighted by Crippen LogP contribution is 2.21. The van der Waals surface area contributed by atoms with Crippen LogP contribution in [-0.2, 0) is 11.2 Å². The first-order chi connectivity index (χ1) is 13.9. The Hall–Kier alpha value is -2.15. The Morgan fingerprint density at radius 3 is 2.76 bits per heavy atom. The molecule has 0 aliphatic rings. The van der Waals surface area contributed by atoms with E-state index in [1.54, 1.807) is 7.11 Å². The first-order valence-corrected chi connectivity index (χ1v) is 11.2. The van der Waals surface area contributed by atoms with Crippen LogP contribution in [0.2, 0.25) is 0 Å². The summed E-state index contributed by atoms with van der Waals surface area (Å²) in [5, 5.41) is 3.97. The van der Waals surface area contributed by atoms with E-state index in [9.17, 15) is 4.79 Å². The minimum absolute atomic E-state index is 0.0915. The van der Waals surface area contributed by atoms with E-state index in [4.69, 9.17) is 9.72 Å². The smallest absolute Gasteiger partial charge is 0.221 e. The van der Waals surface area contributed by atoms with Crippen LogP contribution in [0, 0.1) is 5.92 Å². The van der Waals surface area contributed by atoms with Gasteiger partial charge in [0, 0.05) is 43.5 Å². The lowest BCUT2D eigenvalue weighted by Gasteiger charge is -2.22. The number of aromatic nitrogens is 2. The molecule has 1 atom stereocenters. The number of carbonyl (C=O) groups excluding carboxylic acids is 1. The lowest BCUT2D eigenvalue weighted by molar-refractivity contribution is -0.121. The molecule has 1 amide bonds. The van der Waals surface area contributed by atoms with Gasteiger partial charge in [-0.15, -0.1) is 0 Å². The maximum absolute atomic E-state index is 12.3. The van der Waals surface area contributed by atoms with Crippen LogP contribution in [0.25, 0.3) is 0 Å². The molecule has 7 heteroatoms. The van der Waals surface area contributed by atoms with Crippen LogP contribution in [0.5, 0.6) is 5.75 Å². The molecule has 0 aliphatic carbocycles. The number of nitrogens with zero attached hydrogens (tertiary/aromatic N) is 3. The van der Waals surface area contributed by atoms with Gasteiger partial charge in [-0.1, -0.05) is 39.3 Å². The second-order valence-electron chi connectivity index (χ2n) is 7.71. The zero-order valence-corrected chi connectivity index (χ0v) is 19.1. The Bertz CT molecular complexity index is 763. The van der Waals surface area contributed by atoms with Crippen molar-refractivity contribution in [2.75, 3.05) is 25.1 Å². The van der Waals surface area contributed by atoms with E-state index in [2.05, 4.69) is 41.4 Å². The van der Waals surface area contributed by atoms with E-state index >= 15 is 0 Å². The summed E-state index contributed by atoms with van der Waals surface area (Å²) in [6.45, 7) is 9.99. The quantitative estimate of drug-likeness (QED) is 0.557. The molecule has 0 bridgehead atoms. The lowest BCUT2D eigenvalue weighted by atomic mass is 10.1. The fourth-order valence-electron chi connectivity index (χ4n) is 2.79. The van der Waals surface area contributed by atoms with Crippen molar-refractivity contribution in [3.63, 3.8) is 0 Å². The number of hydrogen-bond donors (Lipinski definition) is 1. The number of ether oxygens (including phenoxy) is 1. The molecule has 0 spiro atoms. The molecule has 160 valence electrons. The monoisotopic (exact) mass is 418 g/mol. The van der Waals surface area contributed by atoms with E-state index in [0.29, 0.717) is 25.3 Å². The van der Waals surface area contributed by atoms with Crippen LogP contribution in [0.3, 0.4) is 0 Å². The number of methoxy groups -OCH3 is 1. The number of benzene rings is 1. The summed E-state index contributed by atoms with van der Waals surface area (Å²) in [7, 11) is 1.67. The third kappa shape index (κ3) is 7.65. The van der Waals surface area contributed by atoms with Gasteiger partial charge in [0.15, 0.2) is 0 Å². The van der Waals surface area contributed by atoms with Gasteiger partial charge in [0.05, 0.1) is 7.11 Å². The first kappa shape index (κ1) is 23.1. The van der Waals surface area contributed by atoms with E-state index in [0.717, 1.165) is 41.7 Å².